The fourth-order valence-corrected chi connectivity index (χ4v) is 3.59. The molecule has 1 amide bonds. The Balaban J connectivity index is 1.64. The number of aryl methyl sites for hydroxylation is 1. The lowest BCUT2D eigenvalue weighted by Gasteiger charge is -2.23. The van der Waals surface area contributed by atoms with Crippen LogP contribution in [0.4, 0.5) is 4.39 Å². The third-order valence-electron chi connectivity index (χ3n) is 4.18. The minimum Gasteiger partial charge on any atom is -0.337 e. The first kappa shape index (κ1) is 16.6. The monoisotopic (exact) mass is 342 g/mol. The Hall–Kier alpha value is -2.27. The lowest BCUT2D eigenvalue weighted by Crippen LogP contribution is -2.29. The molecule has 5 heteroatoms. The number of thiazole rings is 1. The van der Waals surface area contributed by atoms with Gasteiger partial charge in [0.05, 0.1) is 16.3 Å². The summed E-state index contributed by atoms with van der Waals surface area (Å²) in [6, 6.07) is 14.2. The van der Waals surface area contributed by atoms with E-state index in [1.165, 1.54) is 12.1 Å². The van der Waals surface area contributed by atoms with Crippen molar-refractivity contribution in [1.29, 1.82) is 0 Å². The molecule has 0 aliphatic heterocycles. The summed E-state index contributed by atoms with van der Waals surface area (Å²) in [6.45, 7) is 1.99. The van der Waals surface area contributed by atoms with Crippen molar-refractivity contribution in [2.24, 2.45) is 0 Å². The van der Waals surface area contributed by atoms with Crippen molar-refractivity contribution in [3.05, 3.63) is 64.9 Å². The Kier molecular flexibility index (Phi) is 4.90. The summed E-state index contributed by atoms with van der Waals surface area (Å²) in [5, 5.41) is 0.939. The molecule has 3 nitrogen and oxygen atoms in total. The molecule has 0 saturated heterocycles. The van der Waals surface area contributed by atoms with E-state index in [-0.39, 0.29) is 17.8 Å². The van der Waals surface area contributed by atoms with Gasteiger partial charge < -0.3 is 4.90 Å². The molecule has 0 spiro atoms. The zero-order chi connectivity index (χ0) is 17.1. The van der Waals surface area contributed by atoms with Gasteiger partial charge in [0.25, 0.3) is 0 Å². The number of rotatable bonds is 5. The highest BCUT2D eigenvalue weighted by atomic mass is 32.1. The van der Waals surface area contributed by atoms with Crippen LogP contribution >= 0.6 is 11.3 Å². The molecule has 1 heterocycles. The van der Waals surface area contributed by atoms with Gasteiger partial charge >= 0.3 is 0 Å². The second kappa shape index (κ2) is 7.09. The first-order valence-electron chi connectivity index (χ1n) is 7.90. The van der Waals surface area contributed by atoms with E-state index in [9.17, 15) is 9.18 Å². The van der Waals surface area contributed by atoms with Crippen molar-refractivity contribution in [3.63, 3.8) is 0 Å². The minimum atomic E-state index is -0.258. The quantitative estimate of drug-likeness (QED) is 0.679. The van der Waals surface area contributed by atoms with Gasteiger partial charge in [-0.15, -0.1) is 11.3 Å². The van der Waals surface area contributed by atoms with Crippen molar-refractivity contribution in [2.45, 2.75) is 25.8 Å². The molecule has 0 bridgehead atoms. The second-order valence-electron chi connectivity index (χ2n) is 5.83. The normalized spacial score (nSPS) is 12.3. The topological polar surface area (TPSA) is 33.2 Å². The van der Waals surface area contributed by atoms with Crippen LogP contribution in [0.25, 0.3) is 10.2 Å². The number of halogens is 1. The van der Waals surface area contributed by atoms with Crippen molar-refractivity contribution >= 4 is 27.5 Å². The zero-order valence-electron chi connectivity index (χ0n) is 13.7. The molecular weight excluding hydrogens is 323 g/mol. The highest BCUT2D eigenvalue weighted by molar-refractivity contribution is 7.18. The predicted octanol–water partition coefficient (Wildman–Crippen LogP) is 4.59. The predicted molar refractivity (Wildman–Crippen MR) is 95.5 cm³/mol. The highest BCUT2D eigenvalue weighted by Crippen LogP contribution is 2.29. The lowest BCUT2D eigenvalue weighted by atomic mass is 10.1. The number of amides is 1. The summed E-state index contributed by atoms with van der Waals surface area (Å²) in [4.78, 5) is 18.8. The minimum absolute atomic E-state index is 0.0612. The van der Waals surface area contributed by atoms with Crippen LogP contribution in [0, 0.1) is 5.82 Å². The molecule has 0 aliphatic carbocycles. The number of fused-ring (bicyclic) bond motifs is 1. The smallest absolute Gasteiger partial charge is 0.223 e. The maximum absolute atomic E-state index is 12.9. The van der Waals surface area contributed by atoms with Gasteiger partial charge in [-0.25, -0.2) is 9.37 Å². The maximum atomic E-state index is 12.9. The van der Waals surface area contributed by atoms with Gasteiger partial charge in [-0.05, 0) is 43.2 Å². The van der Waals surface area contributed by atoms with Crippen LogP contribution in [0.3, 0.4) is 0 Å². The van der Waals surface area contributed by atoms with Crippen molar-refractivity contribution < 1.29 is 9.18 Å². The largest absolute Gasteiger partial charge is 0.337 e. The number of nitrogens with zero attached hydrogens (tertiary/aromatic N) is 2. The van der Waals surface area contributed by atoms with Gasteiger partial charge in [-0.1, -0.05) is 24.3 Å². The molecule has 1 aromatic heterocycles. The third kappa shape index (κ3) is 3.62. The Morgan fingerprint density at radius 3 is 2.62 bits per heavy atom. The molecule has 124 valence electrons. The maximum Gasteiger partial charge on any atom is 0.223 e. The summed E-state index contributed by atoms with van der Waals surface area (Å²) >= 11 is 1.62. The molecular formula is C19H19FN2OS. The number of para-hydroxylation sites is 1. The number of carbonyl (C=O) groups is 1. The summed E-state index contributed by atoms with van der Waals surface area (Å²) in [5.41, 5.74) is 1.93. The van der Waals surface area contributed by atoms with E-state index >= 15 is 0 Å². The van der Waals surface area contributed by atoms with Crippen molar-refractivity contribution in [3.8, 4) is 0 Å². The van der Waals surface area contributed by atoms with Crippen LogP contribution in [0.2, 0.25) is 0 Å². The van der Waals surface area contributed by atoms with Crippen LogP contribution in [-0.4, -0.2) is 22.8 Å². The fraction of sp³-hybridized carbons (Fsp3) is 0.263. The number of benzene rings is 2. The van der Waals surface area contributed by atoms with Crippen LogP contribution in [0.1, 0.15) is 30.0 Å². The molecule has 24 heavy (non-hydrogen) atoms. The molecule has 2 aromatic carbocycles. The number of aromatic nitrogens is 1. The van der Waals surface area contributed by atoms with E-state index in [0.29, 0.717) is 12.8 Å². The van der Waals surface area contributed by atoms with E-state index in [2.05, 4.69) is 4.98 Å². The van der Waals surface area contributed by atoms with Crippen molar-refractivity contribution in [2.75, 3.05) is 7.05 Å². The van der Waals surface area contributed by atoms with Gasteiger partial charge in [0.2, 0.25) is 5.91 Å². The summed E-state index contributed by atoms with van der Waals surface area (Å²) in [7, 11) is 1.81. The highest BCUT2D eigenvalue weighted by Gasteiger charge is 2.20. The third-order valence-corrected chi connectivity index (χ3v) is 5.39. The second-order valence-corrected chi connectivity index (χ2v) is 6.89. The summed E-state index contributed by atoms with van der Waals surface area (Å²) in [5.74, 6) is -0.197. The molecule has 0 fully saturated rings. The number of hydrogen-bond donors (Lipinski definition) is 0. The SMILES string of the molecule is C[C@@H](c1nc2ccccc2s1)N(C)C(=O)CCc1ccc(F)cc1. The van der Waals surface area contributed by atoms with E-state index in [4.69, 9.17) is 0 Å². The summed E-state index contributed by atoms with van der Waals surface area (Å²) in [6.07, 6.45) is 1.01. The fourth-order valence-electron chi connectivity index (χ4n) is 2.53. The standard InChI is InChI=1S/C19H19FN2OS/c1-13(19-21-16-5-3-4-6-17(16)24-19)22(2)18(23)12-9-14-7-10-15(20)11-8-14/h3-8,10-11,13H,9,12H2,1-2H3/t13-/m0/s1. The molecule has 0 aliphatic rings. The van der Waals surface area contributed by atoms with E-state index in [0.717, 1.165) is 20.8 Å². The average Bonchev–Trinajstić information content (AvgIpc) is 3.03. The molecule has 0 unspecified atom stereocenters. The van der Waals surface area contributed by atoms with Crippen LogP contribution in [0.5, 0.6) is 0 Å². The van der Waals surface area contributed by atoms with E-state index in [1.807, 2.05) is 38.2 Å². The number of hydrogen-bond acceptors (Lipinski definition) is 3. The van der Waals surface area contributed by atoms with Gasteiger partial charge in [-0.3, -0.25) is 4.79 Å². The van der Waals surface area contributed by atoms with Crippen molar-refractivity contribution in [1.82, 2.24) is 9.88 Å². The molecule has 0 radical (unpaired) electrons. The Bertz CT molecular complexity index is 811. The number of carbonyl (C=O) groups excluding carboxylic acids is 1. The molecule has 1 atom stereocenters. The first-order valence-corrected chi connectivity index (χ1v) is 8.72. The van der Waals surface area contributed by atoms with Crippen LogP contribution < -0.4 is 0 Å². The Morgan fingerprint density at radius 2 is 1.92 bits per heavy atom. The van der Waals surface area contributed by atoms with Crippen LogP contribution in [0.15, 0.2) is 48.5 Å². The van der Waals surface area contributed by atoms with Gasteiger partial charge in [0.15, 0.2) is 0 Å². The van der Waals surface area contributed by atoms with E-state index in [1.54, 1.807) is 28.4 Å². The van der Waals surface area contributed by atoms with Gasteiger partial charge in [0, 0.05) is 13.5 Å². The lowest BCUT2D eigenvalue weighted by molar-refractivity contribution is -0.131. The molecule has 3 aromatic rings. The van der Waals surface area contributed by atoms with Gasteiger partial charge in [0.1, 0.15) is 10.8 Å². The van der Waals surface area contributed by atoms with Gasteiger partial charge in [-0.2, -0.15) is 0 Å². The Labute approximate surface area is 144 Å². The Morgan fingerprint density at radius 1 is 1.21 bits per heavy atom. The average molecular weight is 342 g/mol. The molecule has 0 saturated carbocycles. The molecule has 3 rings (SSSR count). The zero-order valence-corrected chi connectivity index (χ0v) is 14.5. The summed E-state index contributed by atoms with van der Waals surface area (Å²) < 4.78 is 14.0. The molecule has 0 N–H and O–H groups in total. The first-order chi connectivity index (χ1) is 11.5. The van der Waals surface area contributed by atoms with Crippen LogP contribution in [-0.2, 0) is 11.2 Å². The van der Waals surface area contributed by atoms with E-state index < -0.39 is 0 Å².